The van der Waals surface area contributed by atoms with Gasteiger partial charge in [-0.25, -0.2) is 21.6 Å². The summed E-state index contributed by atoms with van der Waals surface area (Å²) < 4.78 is 55.1. The molecule has 0 unspecified atom stereocenters. The summed E-state index contributed by atoms with van der Waals surface area (Å²) in [6.07, 6.45) is 1.94. The Balaban J connectivity index is 1.68. The van der Waals surface area contributed by atoms with Gasteiger partial charge >= 0.3 is 0 Å². The van der Waals surface area contributed by atoms with Gasteiger partial charge in [0.05, 0.1) is 4.90 Å². The van der Waals surface area contributed by atoms with Gasteiger partial charge in [0.15, 0.2) is 0 Å². The summed E-state index contributed by atoms with van der Waals surface area (Å²) in [7, 11) is -4.66. The van der Waals surface area contributed by atoms with Gasteiger partial charge in [-0.1, -0.05) is 6.07 Å². The van der Waals surface area contributed by atoms with Crippen LogP contribution in [-0.4, -0.2) is 57.7 Å². The van der Waals surface area contributed by atoms with Crippen LogP contribution in [0, 0.1) is 12.8 Å². The molecule has 0 spiro atoms. The van der Waals surface area contributed by atoms with Crippen LogP contribution in [-0.2, 0) is 31.9 Å². The minimum Gasteiger partial charge on any atom is -0.364 e. The van der Waals surface area contributed by atoms with Crippen LogP contribution >= 0.6 is 0 Å². The maximum absolute atomic E-state index is 12.9. The molecule has 0 radical (unpaired) electrons. The third-order valence-corrected chi connectivity index (χ3v) is 9.13. The quantitative estimate of drug-likeness (QED) is 0.501. The zero-order valence-corrected chi connectivity index (χ0v) is 20.2. The fraction of sp³-hybridized carbons (Fsp3) is 0.400. The van der Waals surface area contributed by atoms with Crippen molar-refractivity contribution in [3.05, 3.63) is 41.7 Å². The number of aromatic nitrogens is 1. The molecule has 1 aromatic carbocycles. The van der Waals surface area contributed by atoms with Gasteiger partial charge in [-0.15, -0.1) is 0 Å². The Bertz CT molecular complexity index is 1290. The summed E-state index contributed by atoms with van der Waals surface area (Å²) in [5, 5.41) is 2.73. The fourth-order valence-electron chi connectivity index (χ4n) is 3.75. The smallest absolute Gasteiger partial charge is 0.265 e. The van der Waals surface area contributed by atoms with E-state index in [4.69, 9.17) is 5.73 Å². The van der Waals surface area contributed by atoms with Crippen LogP contribution in [0.2, 0.25) is 0 Å². The topological polar surface area (TPSA) is 161 Å². The lowest BCUT2D eigenvalue weighted by Crippen LogP contribution is -2.41. The molecule has 1 saturated heterocycles. The molecule has 0 atom stereocenters. The summed E-state index contributed by atoms with van der Waals surface area (Å²) >= 11 is 0. The third-order valence-electron chi connectivity index (χ3n) is 5.71. The molecule has 33 heavy (non-hydrogen) atoms. The van der Waals surface area contributed by atoms with Crippen LogP contribution < -0.4 is 15.8 Å². The average molecular weight is 498 g/mol. The lowest BCUT2D eigenvalue weighted by atomic mass is 9.97. The number of carbonyl (C=O) groups is 2. The maximum Gasteiger partial charge on any atom is 0.265 e. The number of sulfonamides is 2. The first-order valence-corrected chi connectivity index (χ1v) is 13.1. The summed E-state index contributed by atoms with van der Waals surface area (Å²) in [6, 6.07) is 5.86. The molecule has 4 N–H and O–H groups in total. The number of nitrogens with one attached hydrogen (secondary N) is 2. The standard InChI is InChI=1S/C20H27N5O6S2/c1-13-4-5-15(10-18(13)32(28,29)22-2)23-20(27)14-6-8-25(9-7-14)33(30,31)16-11-17(19(21)26)24(3)12-16/h4-5,10-12,14,22H,6-9H2,1-3H3,(H2,21,26)(H,23,27). The first kappa shape index (κ1) is 24.9. The number of amides is 2. The molecule has 1 fully saturated rings. The van der Waals surface area contributed by atoms with E-state index < -0.39 is 31.9 Å². The first-order valence-electron chi connectivity index (χ1n) is 10.2. The van der Waals surface area contributed by atoms with Crippen LogP contribution in [0.15, 0.2) is 40.3 Å². The van der Waals surface area contributed by atoms with Gasteiger partial charge in [0.2, 0.25) is 26.0 Å². The second-order valence-corrected chi connectivity index (χ2v) is 11.7. The van der Waals surface area contributed by atoms with E-state index in [1.165, 1.54) is 41.3 Å². The normalized spacial score (nSPS) is 16.0. The Morgan fingerprint density at radius 3 is 2.27 bits per heavy atom. The molecule has 3 rings (SSSR count). The van der Waals surface area contributed by atoms with Crippen molar-refractivity contribution in [1.82, 2.24) is 13.6 Å². The highest BCUT2D eigenvalue weighted by Gasteiger charge is 2.33. The second-order valence-electron chi connectivity index (χ2n) is 7.89. The van der Waals surface area contributed by atoms with Crippen LogP contribution in [0.4, 0.5) is 5.69 Å². The number of anilines is 1. The van der Waals surface area contributed by atoms with Crippen LogP contribution in [0.3, 0.4) is 0 Å². The van der Waals surface area contributed by atoms with Crippen molar-refractivity contribution in [3.63, 3.8) is 0 Å². The van der Waals surface area contributed by atoms with Gasteiger partial charge in [-0.05, 0) is 50.6 Å². The Labute approximate surface area is 193 Å². The van der Waals surface area contributed by atoms with E-state index >= 15 is 0 Å². The number of nitrogens with zero attached hydrogens (tertiary/aromatic N) is 2. The van der Waals surface area contributed by atoms with Crippen molar-refractivity contribution in [2.75, 3.05) is 25.5 Å². The molecule has 0 saturated carbocycles. The second kappa shape index (κ2) is 9.25. The van der Waals surface area contributed by atoms with E-state index in [2.05, 4.69) is 10.0 Å². The van der Waals surface area contributed by atoms with Crippen molar-refractivity contribution in [1.29, 1.82) is 0 Å². The van der Waals surface area contributed by atoms with E-state index in [1.807, 2.05) is 0 Å². The molecule has 1 aliphatic heterocycles. The number of nitrogens with two attached hydrogens (primary N) is 1. The van der Waals surface area contributed by atoms with Gasteiger partial charge in [0.1, 0.15) is 10.6 Å². The predicted molar refractivity (Wildman–Crippen MR) is 121 cm³/mol. The molecule has 1 aromatic heterocycles. The first-order chi connectivity index (χ1) is 15.4. The van der Waals surface area contributed by atoms with Crippen molar-refractivity contribution in [2.45, 2.75) is 29.6 Å². The highest BCUT2D eigenvalue weighted by Crippen LogP contribution is 2.27. The summed E-state index contributed by atoms with van der Waals surface area (Å²) in [6.45, 7) is 1.92. The lowest BCUT2D eigenvalue weighted by molar-refractivity contribution is -0.120. The van der Waals surface area contributed by atoms with Crippen LogP contribution in [0.1, 0.15) is 28.9 Å². The molecule has 2 heterocycles. The number of rotatable bonds is 7. The molecular weight excluding hydrogens is 470 g/mol. The number of carbonyl (C=O) groups excluding carboxylic acids is 2. The van der Waals surface area contributed by atoms with Gasteiger partial charge in [-0.2, -0.15) is 4.31 Å². The number of hydrogen-bond acceptors (Lipinski definition) is 6. The minimum absolute atomic E-state index is 0.0281. The van der Waals surface area contributed by atoms with E-state index in [0.717, 1.165) is 0 Å². The predicted octanol–water partition coefficient (Wildman–Crippen LogP) is 0.380. The van der Waals surface area contributed by atoms with Crippen molar-refractivity contribution in [3.8, 4) is 0 Å². The van der Waals surface area contributed by atoms with Gasteiger partial charge in [0, 0.05) is 37.9 Å². The Hall–Kier alpha value is -2.74. The summed E-state index contributed by atoms with van der Waals surface area (Å²) in [5.41, 5.74) is 6.24. The van der Waals surface area contributed by atoms with Crippen LogP contribution in [0.5, 0.6) is 0 Å². The maximum atomic E-state index is 12.9. The van der Waals surface area contributed by atoms with Gasteiger partial charge < -0.3 is 15.6 Å². The van der Waals surface area contributed by atoms with Gasteiger partial charge in [0.25, 0.3) is 5.91 Å². The van der Waals surface area contributed by atoms with Crippen molar-refractivity contribution < 1.29 is 26.4 Å². The number of benzene rings is 1. The largest absolute Gasteiger partial charge is 0.364 e. The molecule has 2 amide bonds. The summed E-state index contributed by atoms with van der Waals surface area (Å²) in [5.74, 6) is -1.46. The molecular formula is C20H27N5O6S2. The third kappa shape index (κ3) is 5.11. The molecule has 2 aromatic rings. The monoisotopic (exact) mass is 497 g/mol. The highest BCUT2D eigenvalue weighted by atomic mass is 32.2. The Kier molecular flexibility index (Phi) is 6.98. The molecule has 13 heteroatoms. The van der Waals surface area contributed by atoms with E-state index in [0.29, 0.717) is 24.1 Å². The minimum atomic E-state index is -3.84. The Morgan fingerprint density at radius 2 is 1.73 bits per heavy atom. The molecule has 0 bridgehead atoms. The van der Waals surface area contributed by atoms with Crippen molar-refractivity contribution >= 4 is 37.5 Å². The number of piperidine rings is 1. The van der Waals surface area contributed by atoms with E-state index in [-0.39, 0.29) is 34.5 Å². The van der Waals surface area contributed by atoms with Crippen LogP contribution in [0.25, 0.3) is 0 Å². The number of aryl methyl sites for hydroxylation is 2. The SMILES string of the molecule is CNS(=O)(=O)c1cc(NC(=O)C2CCN(S(=O)(=O)c3cc(C(N)=O)n(C)c3)CC2)ccc1C. The highest BCUT2D eigenvalue weighted by molar-refractivity contribution is 7.89. The van der Waals surface area contributed by atoms with Gasteiger partial charge in [-0.3, -0.25) is 9.59 Å². The summed E-state index contributed by atoms with van der Waals surface area (Å²) in [4.78, 5) is 24.2. The van der Waals surface area contributed by atoms with E-state index in [1.54, 1.807) is 19.1 Å². The zero-order chi connectivity index (χ0) is 24.6. The molecule has 180 valence electrons. The molecule has 1 aliphatic rings. The molecule has 0 aliphatic carbocycles. The lowest BCUT2D eigenvalue weighted by Gasteiger charge is -2.30. The average Bonchev–Trinajstić information content (AvgIpc) is 3.18. The Morgan fingerprint density at radius 1 is 1.09 bits per heavy atom. The number of primary amides is 1. The van der Waals surface area contributed by atoms with E-state index in [9.17, 15) is 26.4 Å². The van der Waals surface area contributed by atoms with Crippen molar-refractivity contribution in [2.24, 2.45) is 18.7 Å². The number of hydrogen-bond donors (Lipinski definition) is 3. The molecule has 11 nitrogen and oxygen atoms in total. The zero-order valence-electron chi connectivity index (χ0n) is 18.5. The fourth-order valence-corrected chi connectivity index (χ4v) is 6.28.